The van der Waals surface area contributed by atoms with E-state index in [1.165, 1.54) is 32.1 Å². The number of carboxylic acid groups (broad SMARTS) is 1. The van der Waals surface area contributed by atoms with Crippen molar-refractivity contribution in [3.8, 4) is 0 Å². The minimum Gasteiger partial charge on any atom is -0.481 e. The first-order valence-corrected chi connectivity index (χ1v) is 8.14. The van der Waals surface area contributed by atoms with Crippen LogP contribution in [0, 0.1) is 5.92 Å². The Hall–Kier alpha value is -1.05. The summed E-state index contributed by atoms with van der Waals surface area (Å²) in [5.41, 5.74) is 0. The van der Waals surface area contributed by atoms with Crippen LogP contribution in [0.4, 0.5) is 0 Å². The minimum absolute atomic E-state index is 0.296. The molecule has 0 aromatic carbocycles. The summed E-state index contributed by atoms with van der Waals surface area (Å²) in [6, 6.07) is 0. The molecule has 0 aromatic heterocycles. The van der Waals surface area contributed by atoms with E-state index in [1.807, 2.05) is 0 Å². The molecule has 0 fully saturated rings. The maximum absolute atomic E-state index is 10.3. The van der Waals surface area contributed by atoms with Crippen LogP contribution in [0.3, 0.4) is 0 Å². The Morgan fingerprint density at radius 2 is 1.50 bits per heavy atom. The summed E-state index contributed by atoms with van der Waals surface area (Å²) in [7, 11) is 0. The van der Waals surface area contributed by atoms with E-state index >= 15 is 0 Å². The third-order valence-electron chi connectivity index (χ3n) is 3.27. The predicted octanol–water partition coefficient (Wildman–Crippen LogP) is 5.74. The molecule has 0 saturated carbocycles. The van der Waals surface area contributed by atoms with Crippen molar-refractivity contribution in [2.24, 2.45) is 5.92 Å². The first-order valence-electron chi connectivity index (χ1n) is 8.14. The standard InChI is InChI=1S/C18H32O2/c1-17(2)15-13-11-9-7-5-3-4-6-8-10-12-14-16-18(19)20/h3,5-6,8,17H,4,7,9-16H2,1-2H3,(H,19,20). The Labute approximate surface area is 125 Å². The van der Waals surface area contributed by atoms with Crippen molar-refractivity contribution in [1.82, 2.24) is 0 Å². The summed E-state index contributed by atoms with van der Waals surface area (Å²) >= 11 is 0. The van der Waals surface area contributed by atoms with Gasteiger partial charge in [-0.05, 0) is 44.4 Å². The molecule has 0 rings (SSSR count). The second kappa shape index (κ2) is 14.4. The lowest BCUT2D eigenvalue weighted by molar-refractivity contribution is -0.137. The van der Waals surface area contributed by atoms with E-state index in [0.717, 1.165) is 31.6 Å². The first kappa shape index (κ1) is 18.9. The first-order chi connectivity index (χ1) is 9.63. The van der Waals surface area contributed by atoms with Gasteiger partial charge in [-0.2, -0.15) is 0 Å². The molecule has 0 spiro atoms. The van der Waals surface area contributed by atoms with Crippen LogP contribution >= 0.6 is 0 Å². The molecule has 0 heterocycles. The van der Waals surface area contributed by atoms with Crippen molar-refractivity contribution < 1.29 is 9.90 Å². The highest BCUT2D eigenvalue weighted by molar-refractivity contribution is 5.66. The van der Waals surface area contributed by atoms with Gasteiger partial charge in [0.15, 0.2) is 0 Å². The summed E-state index contributed by atoms with van der Waals surface area (Å²) in [5.74, 6) is 0.150. The van der Waals surface area contributed by atoms with Crippen LogP contribution in [0.15, 0.2) is 24.3 Å². The van der Waals surface area contributed by atoms with Gasteiger partial charge in [0, 0.05) is 6.42 Å². The van der Waals surface area contributed by atoms with Gasteiger partial charge in [-0.25, -0.2) is 0 Å². The second-order valence-corrected chi connectivity index (χ2v) is 5.85. The predicted molar refractivity (Wildman–Crippen MR) is 86.9 cm³/mol. The molecule has 0 aromatic rings. The zero-order valence-electron chi connectivity index (χ0n) is 13.3. The molecule has 0 saturated heterocycles. The number of carbonyl (C=O) groups is 1. The Morgan fingerprint density at radius 1 is 0.900 bits per heavy atom. The molecule has 0 bridgehead atoms. The van der Waals surface area contributed by atoms with Crippen LogP contribution in [0.25, 0.3) is 0 Å². The van der Waals surface area contributed by atoms with Crippen molar-refractivity contribution in [3.05, 3.63) is 24.3 Å². The molecule has 0 atom stereocenters. The Morgan fingerprint density at radius 3 is 2.05 bits per heavy atom. The van der Waals surface area contributed by atoms with Gasteiger partial charge in [-0.3, -0.25) is 4.79 Å². The van der Waals surface area contributed by atoms with Crippen LogP contribution in [-0.4, -0.2) is 11.1 Å². The van der Waals surface area contributed by atoms with Crippen molar-refractivity contribution >= 4 is 5.97 Å². The molecule has 2 heteroatoms. The van der Waals surface area contributed by atoms with Gasteiger partial charge in [0.05, 0.1) is 0 Å². The highest BCUT2D eigenvalue weighted by Gasteiger charge is 1.94. The van der Waals surface area contributed by atoms with Crippen LogP contribution in [0.5, 0.6) is 0 Å². The third kappa shape index (κ3) is 16.9. The van der Waals surface area contributed by atoms with Crippen molar-refractivity contribution in [1.29, 1.82) is 0 Å². The van der Waals surface area contributed by atoms with E-state index in [4.69, 9.17) is 5.11 Å². The van der Waals surface area contributed by atoms with E-state index in [0.29, 0.717) is 6.42 Å². The average molecular weight is 280 g/mol. The third-order valence-corrected chi connectivity index (χ3v) is 3.27. The molecule has 0 aliphatic heterocycles. The summed E-state index contributed by atoms with van der Waals surface area (Å²) in [4.78, 5) is 10.3. The number of aliphatic carboxylic acids is 1. The molecule has 0 aliphatic rings. The fourth-order valence-corrected chi connectivity index (χ4v) is 2.04. The zero-order valence-corrected chi connectivity index (χ0v) is 13.3. The van der Waals surface area contributed by atoms with Gasteiger partial charge in [-0.1, -0.05) is 57.4 Å². The molecule has 0 amide bonds. The molecule has 20 heavy (non-hydrogen) atoms. The molecule has 2 nitrogen and oxygen atoms in total. The summed E-state index contributed by atoms with van der Waals surface area (Å²) in [6.07, 6.45) is 19.5. The highest BCUT2D eigenvalue weighted by atomic mass is 16.4. The maximum atomic E-state index is 10.3. The normalized spacial score (nSPS) is 11.9. The van der Waals surface area contributed by atoms with Crippen LogP contribution in [0.1, 0.15) is 78.1 Å². The maximum Gasteiger partial charge on any atom is 0.303 e. The number of rotatable bonds is 13. The molecule has 0 aliphatic carbocycles. The number of allylic oxidation sites excluding steroid dienone is 4. The van der Waals surface area contributed by atoms with Crippen molar-refractivity contribution in [2.45, 2.75) is 78.1 Å². The van der Waals surface area contributed by atoms with E-state index in [9.17, 15) is 4.79 Å². The molecule has 116 valence electrons. The van der Waals surface area contributed by atoms with E-state index in [-0.39, 0.29) is 0 Å². The van der Waals surface area contributed by atoms with Crippen LogP contribution < -0.4 is 0 Å². The van der Waals surface area contributed by atoms with Gasteiger partial charge in [-0.15, -0.1) is 0 Å². The zero-order chi connectivity index (χ0) is 15.1. The van der Waals surface area contributed by atoms with E-state index in [2.05, 4.69) is 38.2 Å². The fourth-order valence-electron chi connectivity index (χ4n) is 2.04. The second-order valence-electron chi connectivity index (χ2n) is 5.85. The minimum atomic E-state index is -0.690. The van der Waals surface area contributed by atoms with Gasteiger partial charge in [0.2, 0.25) is 0 Å². The summed E-state index contributed by atoms with van der Waals surface area (Å²) < 4.78 is 0. The Bertz CT molecular complexity index is 277. The van der Waals surface area contributed by atoms with Crippen molar-refractivity contribution in [3.63, 3.8) is 0 Å². The van der Waals surface area contributed by atoms with Crippen molar-refractivity contribution in [2.75, 3.05) is 0 Å². The molecular weight excluding hydrogens is 248 g/mol. The monoisotopic (exact) mass is 280 g/mol. The summed E-state index contributed by atoms with van der Waals surface area (Å²) in [5, 5.41) is 8.49. The number of hydrogen-bond acceptors (Lipinski definition) is 1. The lowest BCUT2D eigenvalue weighted by Crippen LogP contribution is -1.92. The number of unbranched alkanes of at least 4 members (excludes halogenated alkanes) is 5. The van der Waals surface area contributed by atoms with E-state index < -0.39 is 5.97 Å². The molecule has 0 radical (unpaired) electrons. The molecule has 0 unspecified atom stereocenters. The fraction of sp³-hybridized carbons (Fsp3) is 0.722. The Kier molecular flexibility index (Phi) is 13.6. The average Bonchev–Trinajstić information content (AvgIpc) is 2.38. The highest BCUT2D eigenvalue weighted by Crippen LogP contribution is 2.09. The topological polar surface area (TPSA) is 37.3 Å². The SMILES string of the molecule is CC(C)CCCCCC=CCC=CCCCCC(=O)O. The largest absolute Gasteiger partial charge is 0.481 e. The number of hydrogen-bond donors (Lipinski definition) is 1. The Balaban J connectivity index is 3.24. The van der Waals surface area contributed by atoms with E-state index in [1.54, 1.807) is 0 Å². The van der Waals surface area contributed by atoms with Crippen LogP contribution in [0.2, 0.25) is 0 Å². The molecule has 1 N–H and O–H groups in total. The van der Waals surface area contributed by atoms with Crippen LogP contribution in [-0.2, 0) is 4.79 Å². The lowest BCUT2D eigenvalue weighted by Gasteiger charge is -2.02. The summed E-state index contributed by atoms with van der Waals surface area (Å²) in [6.45, 7) is 4.57. The number of carboxylic acids is 1. The van der Waals surface area contributed by atoms with Gasteiger partial charge in [0.1, 0.15) is 0 Å². The van der Waals surface area contributed by atoms with Gasteiger partial charge < -0.3 is 5.11 Å². The molecular formula is C18H32O2. The quantitative estimate of drug-likeness (QED) is 0.345. The smallest absolute Gasteiger partial charge is 0.303 e. The van der Waals surface area contributed by atoms with Gasteiger partial charge >= 0.3 is 5.97 Å². The lowest BCUT2D eigenvalue weighted by atomic mass is 10.0. The van der Waals surface area contributed by atoms with Gasteiger partial charge in [0.25, 0.3) is 0 Å².